The number of pyridine rings is 2. The van der Waals surface area contributed by atoms with Crippen LogP contribution >= 0.6 is 0 Å². The first-order valence-electron chi connectivity index (χ1n) is 11.6. The van der Waals surface area contributed by atoms with E-state index < -0.39 is 0 Å². The number of rotatable bonds is 4. The monoisotopic (exact) mass is 443 g/mol. The van der Waals surface area contributed by atoms with Crippen molar-refractivity contribution in [2.24, 2.45) is 0 Å². The van der Waals surface area contributed by atoms with Crippen molar-refractivity contribution in [1.29, 1.82) is 0 Å². The highest BCUT2D eigenvalue weighted by Crippen LogP contribution is 2.33. The highest BCUT2D eigenvalue weighted by Gasteiger charge is 2.15. The van der Waals surface area contributed by atoms with Crippen LogP contribution in [0.4, 0.5) is 0 Å². The Morgan fingerprint density at radius 1 is 0.824 bits per heavy atom. The summed E-state index contributed by atoms with van der Waals surface area (Å²) < 4.78 is 2.26. The van der Waals surface area contributed by atoms with Crippen LogP contribution in [0.15, 0.2) is 91.1 Å². The molecule has 34 heavy (non-hydrogen) atoms. The van der Waals surface area contributed by atoms with E-state index in [0.717, 1.165) is 27.9 Å². The van der Waals surface area contributed by atoms with E-state index in [1.165, 1.54) is 21.9 Å². The molecule has 4 nitrogen and oxygen atoms in total. The largest absolute Gasteiger partial charge is 0.506 e. The minimum atomic E-state index is 0.214. The van der Waals surface area contributed by atoms with Crippen LogP contribution in [0.5, 0.6) is 5.75 Å². The third kappa shape index (κ3) is 3.39. The topological polar surface area (TPSA) is 50.9 Å². The normalized spacial score (nSPS) is 11.7. The number of nitrogens with zero attached hydrogens (tertiary/aromatic N) is 3. The Morgan fingerprint density at radius 2 is 1.68 bits per heavy atom. The molecule has 0 bridgehead atoms. The van der Waals surface area contributed by atoms with Crippen molar-refractivity contribution in [1.82, 2.24) is 14.5 Å². The molecule has 3 heterocycles. The minimum Gasteiger partial charge on any atom is -0.506 e. The smallest absolute Gasteiger partial charge is 0.141 e. The lowest BCUT2D eigenvalue weighted by atomic mass is 10.0. The molecule has 0 atom stereocenters. The van der Waals surface area contributed by atoms with Gasteiger partial charge in [0.05, 0.1) is 11.0 Å². The molecule has 3 aromatic heterocycles. The fourth-order valence-corrected chi connectivity index (χ4v) is 4.77. The second-order valence-corrected chi connectivity index (χ2v) is 9.13. The molecule has 1 N–H and O–H groups in total. The van der Waals surface area contributed by atoms with E-state index in [2.05, 4.69) is 73.0 Å². The van der Waals surface area contributed by atoms with Gasteiger partial charge < -0.3 is 5.11 Å². The average molecular weight is 444 g/mol. The SMILES string of the molecule is CC(C)c1ccnc(-n2c3ccccc3c3ccc(Cc4ccc5cccc(O)c5n4)cc32)c1. The zero-order chi connectivity index (χ0) is 23.2. The Bertz CT molecular complexity index is 1680. The van der Waals surface area contributed by atoms with E-state index in [4.69, 9.17) is 9.97 Å². The average Bonchev–Trinajstić information content (AvgIpc) is 3.18. The minimum absolute atomic E-state index is 0.214. The number of aromatic nitrogens is 3. The molecule has 0 saturated heterocycles. The Kier molecular flexibility index (Phi) is 4.80. The standard InChI is InChI=1S/C30H25N3O/c1-19(2)22-14-15-31-29(18-22)33-26-8-4-3-7-24(26)25-13-10-20(17-27(25)33)16-23-12-11-21-6-5-9-28(34)30(21)32-23/h3-15,17-19,34H,16H2,1-2H3. The number of hydrogen-bond acceptors (Lipinski definition) is 3. The van der Waals surface area contributed by atoms with Gasteiger partial charge in [-0.2, -0.15) is 0 Å². The van der Waals surface area contributed by atoms with Gasteiger partial charge in [-0.25, -0.2) is 9.97 Å². The Morgan fingerprint density at radius 3 is 2.56 bits per heavy atom. The van der Waals surface area contributed by atoms with Crippen LogP contribution in [0.25, 0.3) is 38.5 Å². The molecule has 4 heteroatoms. The third-order valence-corrected chi connectivity index (χ3v) is 6.55. The van der Waals surface area contributed by atoms with Gasteiger partial charge in [0.2, 0.25) is 0 Å². The number of fused-ring (bicyclic) bond motifs is 4. The van der Waals surface area contributed by atoms with Crippen LogP contribution in [0.1, 0.15) is 36.6 Å². The molecule has 0 aliphatic heterocycles. The van der Waals surface area contributed by atoms with Gasteiger partial charge in [-0.3, -0.25) is 4.57 Å². The lowest BCUT2D eigenvalue weighted by Crippen LogP contribution is -2.00. The summed E-state index contributed by atoms with van der Waals surface area (Å²) in [5, 5.41) is 13.6. The molecular weight excluding hydrogens is 418 g/mol. The van der Waals surface area contributed by atoms with Crippen molar-refractivity contribution < 1.29 is 5.11 Å². The number of phenols is 1. The summed E-state index contributed by atoms with van der Waals surface area (Å²) >= 11 is 0. The first kappa shape index (κ1) is 20.4. The summed E-state index contributed by atoms with van der Waals surface area (Å²) in [7, 11) is 0. The zero-order valence-corrected chi connectivity index (χ0v) is 19.2. The molecule has 0 saturated carbocycles. The molecule has 166 valence electrons. The van der Waals surface area contributed by atoms with Crippen molar-refractivity contribution in [2.45, 2.75) is 26.2 Å². The fourth-order valence-electron chi connectivity index (χ4n) is 4.77. The van der Waals surface area contributed by atoms with Gasteiger partial charge in [0, 0.05) is 34.5 Å². The van der Waals surface area contributed by atoms with Gasteiger partial charge in [-0.05, 0) is 53.4 Å². The molecule has 3 aromatic carbocycles. The van der Waals surface area contributed by atoms with Gasteiger partial charge in [-0.15, -0.1) is 0 Å². The first-order chi connectivity index (χ1) is 16.6. The number of hydrogen-bond donors (Lipinski definition) is 1. The van der Waals surface area contributed by atoms with E-state index >= 15 is 0 Å². The van der Waals surface area contributed by atoms with Gasteiger partial charge >= 0.3 is 0 Å². The quantitative estimate of drug-likeness (QED) is 0.315. The van der Waals surface area contributed by atoms with E-state index in [9.17, 15) is 5.11 Å². The molecule has 6 aromatic rings. The maximum absolute atomic E-state index is 10.2. The molecule has 0 radical (unpaired) electrons. The summed E-state index contributed by atoms with van der Waals surface area (Å²) in [4.78, 5) is 9.48. The molecule has 6 rings (SSSR count). The van der Waals surface area contributed by atoms with Crippen LogP contribution in [-0.4, -0.2) is 19.6 Å². The summed E-state index contributed by atoms with van der Waals surface area (Å²) in [5.74, 6) is 1.58. The van der Waals surface area contributed by atoms with Crippen LogP contribution in [0.3, 0.4) is 0 Å². The maximum atomic E-state index is 10.2. The number of phenolic OH excluding ortho intramolecular Hbond substituents is 1. The maximum Gasteiger partial charge on any atom is 0.141 e. The molecule has 0 unspecified atom stereocenters. The number of para-hydroxylation sites is 2. The van der Waals surface area contributed by atoms with E-state index in [0.29, 0.717) is 17.9 Å². The van der Waals surface area contributed by atoms with Crippen LogP contribution < -0.4 is 0 Å². The molecule has 0 amide bonds. The van der Waals surface area contributed by atoms with E-state index in [1.807, 2.05) is 30.5 Å². The molecule has 0 aliphatic carbocycles. The predicted molar refractivity (Wildman–Crippen MR) is 139 cm³/mol. The zero-order valence-electron chi connectivity index (χ0n) is 19.2. The third-order valence-electron chi connectivity index (χ3n) is 6.55. The van der Waals surface area contributed by atoms with E-state index in [1.54, 1.807) is 6.07 Å². The van der Waals surface area contributed by atoms with Crippen molar-refractivity contribution in [3.63, 3.8) is 0 Å². The lowest BCUT2D eigenvalue weighted by Gasteiger charge is -2.11. The number of aromatic hydroxyl groups is 1. The highest BCUT2D eigenvalue weighted by molar-refractivity contribution is 6.09. The van der Waals surface area contributed by atoms with Crippen LogP contribution in [-0.2, 0) is 6.42 Å². The van der Waals surface area contributed by atoms with Crippen molar-refractivity contribution in [2.75, 3.05) is 0 Å². The van der Waals surface area contributed by atoms with Gasteiger partial charge in [0.25, 0.3) is 0 Å². The second kappa shape index (κ2) is 7.99. The van der Waals surface area contributed by atoms with Gasteiger partial charge in [-0.1, -0.05) is 62.4 Å². The second-order valence-electron chi connectivity index (χ2n) is 9.13. The Labute approximate surface area is 198 Å². The highest BCUT2D eigenvalue weighted by atomic mass is 16.3. The predicted octanol–water partition coefficient (Wildman–Crippen LogP) is 7.15. The summed E-state index contributed by atoms with van der Waals surface area (Å²) in [5.41, 5.74) is 6.29. The molecule has 0 spiro atoms. The summed E-state index contributed by atoms with van der Waals surface area (Å²) in [6.07, 6.45) is 2.59. The molecular formula is C30H25N3O. The Hall–Kier alpha value is -4.18. The van der Waals surface area contributed by atoms with Gasteiger partial charge in [0.1, 0.15) is 17.1 Å². The molecule has 0 fully saturated rings. The lowest BCUT2D eigenvalue weighted by molar-refractivity contribution is 0.480. The Balaban J connectivity index is 1.51. The molecule has 0 aliphatic rings. The van der Waals surface area contributed by atoms with E-state index in [-0.39, 0.29) is 5.75 Å². The summed E-state index contributed by atoms with van der Waals surface area (Å²) in [6.45, 7) is 4.41. The first-order valence-corrected chi connectivity index (χ1v) is 11.6. The van der Waals surface area contributed by atoms with Crippen molar-refractivity contribution in [3.8, 4) is 11.6 Å². The summed E-state index contributed by atoms with van der Waals surface area (Å²) in [6, 6.07) is 29.0. The van der Waals surface area contributed by atoms with Crippen LogP contribution in [0.2, 0.25) is 0 Å². The van der Waals surface area contributed by atoms with Crippen LogP contribution in [0, 0.1) is 0 Å². The fraction of sp³-hybridized carbons (Fsp3) is 0.133. The van der Waals surface area contributed by atoms with Crippen molar-refractivity contribution >= 4 is 32.7 Å². The van der Waals surface area contributed by atoms with Gasteiger partial charge in [0.15, 0.2) is 0 Å². The number of benzene rings is 3. The van der Waals surface area contributed by atoms with Crippen molar-refractivity contribution in [3.05, 3.63) is 108 Å².